The molecule has 1 heterocycles. The second-order valence-electron chi connectivity index (χ2n) is 7.82. The monoisotopic (exact) mass is 368 g/mol. The van der Waals surface area contributed by atoms with E-state index in [1.165, 1.54) is 11.1 Å². The topological polar surface area (TPSA) is 53.5 Å². The van der Waals surface area contributed by atoms with Crippen LogP contribution in [-0.2, 0) is 6.54 Å². The summed E-state index contributed by atoms with van der Waals surface area (Å²) < 4.78 is 5.58. The van der Waals surface area contributed by atoms with Gasteiger partial charge in [0.05, 0.1) is 7.11 Å². The van der Waals surface area contributed by atoms with Gasteiger partial charge in [0, 0.05) is 42.8 Å². The van der Waals surface area contributed by atoms with Crippen LogP contribution in [0, 0.1) is 5.92 Å². The Kier molecular flexibility index (Phi) is 6.53. The van der Waals surface area contributed by atoms with Gasteiger partial charge in [-0.25, -0.2) is 0 Å². The van der Waals surface area contributed by atoms with E-state index >= 15 is 0 Å². The van der Waals surface area contributed by atoms with Gasteiger partial charge in [-0.1, -0.05) is 56.3 Å². The summed E-state index contributed by atoms with van der Waals surface area (Å²) in [7, 11) is 1.72. The first-order chi connectivity index (χ1) is 13.0. The van der Waals surface area contributed by atoms with Crippen LogP contribution in [-0.4, -0.2) is 30.9 Å². The van der Waals surface area contributed by atoms with E-state index in [0.717, 1.165) is 11.3 Å². The summed E-state index contributed by atoms with van der Waals surface area (Å²) >= 11 is 0. The number of nitrogens with one attached hydrogen (secondary N) is 2. The highest BCUT2D eigenvalue weighted by atomic mass is 16.5. The van der Waals surface area contributed by atoms with Crippen LogP contribution in [0.5, 0.6) is 5.75 Å². The molecule has 3 rings (SSSR count). The minimum Gasteiger partial charge on any atom is -0.496 e. The minimum atomic E-state index is 0.153. The van der Waals surface area contributed by atoms with Gasteiger partial charge in [-0.05, 0) is 30.0 Å². The number of hydrogen-bond acceptors (Lipinski definition) is 4. The number of aliphatic hydroxyl groups is 1. The number of aliphatic hydroxyl groups excluding tert-OH is 1. The van der Waals surface area contributed by atoms with Crippen molar-refractivity contribution >= 4 is 0 Å². The summed E-state index contributed by atoms with van der Waals surface area (Å²) in [6, 6.07) is 17.5. The molecule has 0 saturated carbocycles. The second-order valence-corrected chi connectivity index (χ2v) is 7.82. The third kappa shape index (κ3) is 4.34. The van der Waals surface area contributed by atoms with Gasteiger partial charge in [0.2, 0.25) is 0 Å². The highest BCUT2D eigenvalue weighted by Gasteiger charge is 2.40. The molecule has 0 bridgehead atoms. The third-order valence-corrected chi connectivity index (χ3v) is 5.77. The molecule has 4 atom stereocenters. The van der Waals surface area contributed by atoms with Gasteiger partial charge in [-0.15, -0.1) is 0 Å². The minimum absolute atomic E-state index is 0.153. The summed E-state index contributed by atoms with van der Waals surface area (Å²) in [6.45, 7) is 7.43. The van der Waals surface area contributed by atoms with Gasteiger partial charge < -0.3 is 20.5 Å². The molecule has 0 amide bonds. The lowest BCUT2D eigenvalue weighted by atomic mass is 9.91. The highest BCUT2D eigenvalue weighted by molar-refractivity contribution is 5.38. The lowest BCUT2D eigenvalue weighted by molar-refractivity contribution is 0.192. The lowest BCUT2D eigenvalue weighted by Gasteiger charge is -2.26. The zero-order valence-corrected chi connectivity index (χ0v) is 16.8. The third-order valence-electron chi connectivity index (χ3n) is 5.77. The Hall–Kier alpha value is -1.88. The van der Waals surface area contributed by atoms with Crippen molar-refractivity contribution < 1.29 is 9.84 Å². The Morgan fingerprint density at radius 2 is 1.89 bits per heavy atom. The molecule has 146 valence electrons. The highest BCUT2D eigenvalue weighted by Crippen LogP contribution is 2.32. The quantitative estimate of drug-likeness (QED) is 0.699. The largest absolute Gasteiger partial charge is 0.496 e. The average Bonchev–Trinajstić information content (AvgIpc) is 3.01. The summed E-state index contributed by atoms with van der Waals surface area (Å²) in [4.78, 5) is 0. The Morgan fingerprint density at radius 1 is 1.15 bits per heavy atom. The molecule has 3 N–H and O–H groups in total. The molecular weight excluding hydrogens is 336 g/mol. The molecule has 0 aliphatic carbocycles. The van der Waals surface area contributed by atoms with E-state index in [2.05, 4.69) is 73.9 Å². The zero-order chi connectivity index (χ0) is 19.4. The summed E-state index contributed by atoms with van der Waals surface area (Å²) in [5.41, 5.74) is 3.72. The van der Waals surface area contributed by atoms with Crippen molar-refractivity contribution in [3.63, 3.8) is 0 Å². The van der Waals surface area contributed by atoms with E-state index in [1.54, 1.807) is 7.11 Å². The van der Waals surface area contributed by atoms with Crippen LogP contribution in [0.4, 0.5) is 0 Å². The van der Waals surface area contributed by atoms with Crippen LogP contribution in [0.25, 0.3) is 0 Å². The van der Waals surface area contributed by atoms with Crippen molar-refractivity contribution in [1.82, 2.24) is 10.6 Å². The summed E-state index contributed by atoms with van der Waals surface area (Å²) in [5.74, 6) is 1.54. The first-order valence-corrected chi connectivity index (χ1v) is 9.87. The van der Waals surface area contributed by atoms with Crippen molar-refractivity contribution in [2.45, 2.75) is 51.4 Å². The van der Waals surface area contributed by atoms with Crippen LogP contribution < -0.4 is 15.4 Å². The molecule has 0 aromatic heterocycles. The van der Waals surface area contributed by atoms with E-state index < -0.39 is 0 Å². The van der Waals surface area contributed by atoms with Crippen LogP contribution in [0.1, 0.15) is 49.4 Å². The standard InChI is InChI=1S/C23H32N2O2/c1-15(2)18-10-11-21(27-4)19(12-18)13-24-23-20(14-26)16(3)25-22(23)17-8-6-5-7-9-17/h5-12,15-16,20,22-26H,13-14H2,1-4H3/t16-,20-,22+,23+/m1/s1. The average molecular weight is 369 g/mol. The van der Waals surface area contributed by atoms with Crippen LogP contribution in [0.2, 0.25) is 0 Å². The van der Waals surface area contributed by atoms with Gasteiger partial charge in [0.1, 0.15) is 5.75 Å². The smallest absolute Gasteiger partial charge is 0.123 e. The fraction of sp³-hybridized carbons (Fsp3) is 0.478. The van der Waals surface area contributed by atoms with Crippen molar-refractivity contribution in [2.75, 3.05) is 13.7 Å². The zero-order valence-electron chi connectivity index (χ0n) is 16.8. The van der Waals surface area contributed by atoms with Crippen molar-refractivity contribution in [3.05, 3.63) is 65.2 Å². The second kappa shape index (κ2) is 8.87. The molecule has 1 fully saturated rings. The maximum absolute atomic E-state index is 9.98. The van der Waals surface area contributed by atoms with Gasteiger partial charge in [0.25, 0.3) is 0 Å². The van der Waals surface area contributed by atoms with Gasteiger partial charge in [-0.3, -0.25) is 0 Å². The maximum atomic E-state index is 9.98. The van der Waals surface area contributed by atoms with Crippen molar-refractivity contribution in [1.29, 1.82) is 0 Å². The summed E-state index contributed by atoms with van der Waals surface area (Å²) in [5, 5.41) is 17.4. The maximum Gasteiger partial charge on any atom is 0.123 e. The van der Waals surface area contributed by atoms with E-state index in [4.69, 9.17) is 4.74 Å². The SMILES string of the molecule is COc1ccc(C(C)C)cc1CN[C@H]1[C@H](CO)[C@@H](C)N[C@H]1c1ccccc1. The van der Waals surface area contributed by atoms with Crippen molar-refractivity contribution in [2.24, 2.45) is 5.92 Å². The predicted molar refractivity (Wildman–Crippen MR) is 110 cm³/mol. The number of hydrogen-bond donors (Lipinski definition) is 3. The Bertz CT molecular complexity index is 732. The van der Waals surface area contributed by atoms with Crippen molar-refractivity contribution in [3.8, 4) is 5.75 Å². The number of methoxy groups -OCH3 is 1. The van der Waals surface area contributed by atoms with Gasteiger partial charge >= 0.3 is 0 Å². The Morgan fingerprint density at radius 3 is 2.52 bits per heavy atom. The molecule has 4 nitrogen and oxygen atoms in total. The molecule has 0 spiro atoms. The molecule has 27 heavy (non-hydrogen) atoms. The molecule has 1 aliphatic rings. The van der Waals surface area contributed by atoms with E-state index in [-0.39, 0.29) is 30.7 Å². The molecule has 1 aliphatic heterocycles. The van der Waals surface area contributed by atoms with Crippen LogP contribution in [0.3, 0.4) is 0 Å². The molecule has 0 unspecified atom stereocenters. The lowest BCUT2D eigenvalue weighted by Crippen LogP contribution is -2.39. The molecule has 2 aromatic rings. The first kappa shape index (κ1) is 19.9. The first-order valence-electron chi connectivity index (χ1n) is 9.87. The fourth-order valence-electron chi connectivity index (χ4n) is 4.10. The molecule has 4 heteroatoms. The van der Waals surface area contributed by atoms with E-state index in [1.807, 2.05) is 6.07 Å². The number of benzene rings is 2. The number of rotatable bonds is 7. The van der Waals surface area contributed by atoms with Crippen LogP contribution in [0.15, 0.2) is 48.5 Å². The number of ether oxygens (including phenoxy) is 1. The normalized spacial score (nSPS) is 25.1. The van der Waals surface area contributed by atoms with E-state index in [0.29, 0.717) is 12.5 Å². The summed E-state index contributed by atoms with van der Waals surface area (Å²) in [6.07, 6.45) is 0. The molecule has 2 aromatic carbocycles. The van der Waals surface area contributed by atoms with Gasteiger partial charge in [-0.2, -0.15) is 0 Å². The molecular formula is C23H32N2O2. The van der Waals surface area contributed by atoms with E-state index in [9.17, 15) is 5.11 Å². The fourth-order valence-corrected chi connectivity index (χ4v) is 4.10. The van der Waals surface area contributed by atoms with Gasteiger partial charge in [0.15, 0.2) is 0 Å². The predicted octanol–water partition coefficient (Wildman–Crippen LogP) is 3.62. The molecule has 0 radical (unpaired) electrons. The Labute approximate surface area is 163 Å². The van der Waals surface area contributed by atoms with Crippen LogP contribution >= 0.6 is 0 Å². The molecule has 1 saturated heterocycles. The Balaban J connectivity index is 1.82.